The van der Waals surface area contributed by atoms with Gasteiger partial charge in [-0.15, -0.1) is 0 Å². The summed E-state index contributed by atoms with van der Waals surface area (Å²) >= 11 is 0. The zero-order valence-corrected chi connectivity index (χ0v) is 18.9. The van der Waals surface area contributed by atoms with E-state index in [2.05, 4.69) is 9.44 Å². The molecule has 2 N–H and O–H groups in total. The van der Waals surface area contributed by atoms with Gasteiger partial charge >= 0.3 is 0 Å². The summed E-state index contributed by atoms with van der Waals surface area (Å²) < 4.78 is 55.8. The lowest BCUT2D eigenvalue weighted by molar-refractivity contribution is 0.599. The summed E-state index contributed by atoms with van der Waals surface area (Å²) in [6.45, 7) is 7.50. The van der Waals surface area contributed by atoms with Gasteiger partial charge in [-0.25, -0.2) is 16.8 Å². The Labute approximate surface area is 178 Å². The molecule has 0 atom stereocenters. The van der Waals surface area contributed by atoms with Crippen LogP contribution in [0.1, 0.15) is 22.3 Å². The summed E-state index contributed by atoms with van der Waals surface area (Å²) in [5, 5.41) is 0. The van der Waals surface area contributed by atoms with Crippen molar-refractivity contribution in [3.8, 4) is 0 Å². The number of nitrogens with one attached hydrogen (secondary N) is 2. The first kappa shape index (κ1) is 21.9. The summed E-state index contributed by atoms with van der Waals surface area (Å²) in [6, 6.07) is 15.9. The maximum atomic E-state index is 12.7. The molecule has 30 heavy (non-hydrogen) atoms. The van der Waals surface area contributed by atoms with E-state index in [0.717, 1.165) is 22.3 Å². The number of benzene rings is 3. The molecule has 0 saturated carbocycles. The van der Waals surface area contributed by atoms with Crippen molar-refractivity contribution in [2.24, 2.45) is 0 Å². The maximum absolute atomic E-state index is 12.7. The van der Waals surface area contributed by atoms with Crippen LogP contribution < -0.4 is 9.44 Å². The van der Waals surface area contributed by atoms with Crippen LogP contribution in [0, 0.1) is 27.7 Å². The van der Waals surface area contributed by atoms with Crippen molar-refractivity contribution in [3.05, 3.63) is 82.9 Å². The second kappa shape index (κ2) is 8.12. The van der Waals surface area contributed by atoms with Gasteiger partial charge in [0.05, 0.1) is 21.2 Å². The zero-order chi connectivity index (χ0) is 22.1. The van der Waals surface area contributed by atoms with Gasteiger partial charge in [-0.3, -0.25) is 9.44 Å². The standard InChI is InChI=1S/C22H24N2O4S2/c1-15-8-10-21(12-17(15)3)29(25,26)23-19-6-5-7-20(14-19)24-30(27,28)22-11-9-16(2)18(4)13-22/h5-14,23-24H,1-4H3. The van der Waals surface area contributed by atoms with Crippen LogP contribution in [-0.4, -0.2) is 16.8 Å². The molecule has 3 aromatic carbocycles. The normalized spacial score (nSPS) is 11.9. The minimum absolute atomic E-state index is 0.145. The van der Waals surface area contributed by atoms with Crippen LogP contribution in [0.2, 0.25) is 0 Å². The number of anilines is 2. The van der Waals surface area contributed by atoms with Crippen LogP contribution in [0.4, 0.5) is 11.4 Å². The van der Waals surface area contributed by atoms with E-state index in [1.807, 2.05) is 27.7 Å². The highest BCUT2D eigenvalue weighted by Gasteiger charge is 2.17. The highest BCUT2D eigenvalue weighted by atomic mass is 32.2. The number of hydrogen-bond donors (Lipinski definition) is 2. The topological polar surface area (TPSA) is 92.3 Å². The first-order valence-electron chi connectivity index (χ1n) is 9.28. The number of sulfonamides is 2. The number of hydrogen-bond acceptors (Lipinski definition) is 4. The predicted molar refractivity (Wildman–Crippen MR) is 120 cm³/mol. The molecule has 0 aliphatic heterocycles. The van der Waals surface area contributed by atoms with Crippen LogP contribution >= 0.6 is 0 Å². The Morgan fingerprint density at radius 1 is 0.533 bits per heavy atom. The summed E-state index contributed by atoms with van der Waals surface area (Å²) in [5.74, 6) is 0. The molecule has 8 heteroatoms. The Bertz CT molecular complexity index is 1220. The molecule has 0 fully saturated rings. The SMILES string of the molecule is Cc1ccc(S(=O)(=O)Nc2cccc(NS(=O)(=O)c3ccc(C)c(C)c3)c2)cc1C. The molecular weight excluding hydrogens is 420 g/mol. The lowest BCUT2D eigenvalue weighted by Gasteiger charge is -2.13. The van der Waals surface area contributed by atoms with Crippen LogP contribution in [0.25, 0.3) is 0 Å². The lowest BCUT2D eigenvalue weighted by Crippen LogP contribution is -2.15. The van der Waals surface area contributed by atoms with E-state index in [4.69, 9.17) is 0 Å². The molecule has 3 aromatic rings. The summed E-state index contributed by atoms with van der Waals surface area (Å²) in [4.78, 5) is 0.290. The quantitative estimate of drug-likeness (QED) is 0.585. The molecule has 0 unspecified atom stereocenters. The van der Waals surface area contributed by atoms with E-state index in [9.17, 15) is 16.8 Å². The molecule has 0 aliphatic carbocycles. The highest BCUT2D eigenvalue weighted by Crippen LogP contribution is 2.23. The number of aryl methyl sites for hydroxylation is 4. The Kier molecular flexibility index (Phi) is 5.92. The molecular formula is C22H24N2O4S2. The predicted octanol–water partition coefficient (Wildman–Crippen LogP) is 4.52. The minimum atomic E-state index is -3.80. The Morgan fingerprint density at radius 2 is 0.933 bits per heavy atom. The summed E-state index contributed by atoms with van der Waals surface area (Å²) in [7, 11) is -7.61. The van der Waals surface area contributed by atoms with Crippen molar-refractivity contribution >= 4 is 31.4 Å². The van der Waals surface area contributed by atoms with Gasteiger partial charge in [-0.05, 0) is 92.4 Å². The smallest absolute Gasteiger partial charge is 0.261 e. The molecule has 3 rings (SSSR count). The van der Waals surface area contributed by atoms with Gasteiger partial charge in [0.15, 0.2) is 0 Å². The van der Waals surface area contributed by atoms with E-state index in [0.29, 0.717) is 0 Å². The average molecular weight is 445 g/mol. The first-order chi connectivity index (χ1) is 14.0. The second-order valence-electron chi connectivity index (χ2n) is 7.28. The number of rotatable bonds is 6. The van der Waals surface area contributed by atoms with Crippen LogP contribution in [0.3, 0.4) is 0 Å². The van der Waals surface area contributed by atoms with E-state index >= 15 is 0 Å². The van der Waals surface area contributed by atoms with E-state index < -0.39 is 20.0 Å². The molecule has 0 bridgehead atoms. The molecule has 0 amide bonds. The van der Waals surface area contributed by atoms with Gasteiger partial charge in [0.2, 0.25) is 0 Å². The Morgan fingerprint density at radius 3 is 1.30 bits per heavy atom. The van der Waals surface area contributed by atoms with E-state index in [1.54, 1.807) is 42.5 Å². The average Bonchev–Trinajstić information content (AvgIpc) is 2.65. The molecule has 0 aromatic heterocycles. The third-order valence-electron chi connectivity index (χ3n) is 4.94. The zero-order valence-electron chi connectivity index (χ0n) is 17.2. The fourth-order valence-corrected chi connectivity index (χ4v) is 5.10. The van der Waals surface area contributed by atoms with Gasteiger partial charge in [0.1, 0.15) is 0 Å². The van der Waals surface area contributed by atoms with Crippen molar-refractivity contribution in [3.63, 3.8) is 0 Å². The third-order valence-corrected chi connectivity index (χ3v) is 7.70. The largest absolute Gasteiger partial charge is 0.280 e. The van der Waals surface area contributed by atoms with Crippen LogP contribution in [0.5, 0.6) is 0 Å². The second-order valence-corrected chi connectivity index (χ2v) is 10.6. The highest BCUT2D eigenvalue weighted by molar-refractivity contribution is 7.93. The Hall–Kier alpha value is -2.84. The monoisotopic (exact) mass is 444 g/mol. The van der Waals surface area contributed by atoms with E-state index in [-0.39, 0.29) is 21.2 Å². The lowest BCUT2D eigenvalue weighted by atomic mass is 10.1. The molecule has 0 heterocycles. The molecule has 6 nitrogen and oxygen atoms in total. The van der Waals surface area contributed by atoms with Gasteiger partial charge in [0, 0.05) is 0 Å². The molecule has 0 spiro atoms. The molecule has 158 valence electrons. The third kappa shape index (κ3) is 4.83. The van der Waals surface area contributed by atoms with Crippen molar-refractivity contribution in [1.82, 2.24) is 0 Å². The van der Waals surface area contributed by atoms with Crippen molar-refractivity contribution in [1.29, 1.82) is 0 Å². The maximum Gasteiger partial charge on any atom is 0.261 e. The Balaban J connectivity index is 1.85. The van der Waals surface area contributed by atoms with Crippen LogP contribution in [-0.2, 0) is 20.0 Å². The van der Waals surface area contributed by atoms with Gasteiger partial charge < -0.3 is 0 Å². The molecule has 0 saturated heterocycles. The fraction of sp³-hybridized carbons (Fsp3) is 0.182. The van der Waals surface area contributed by atoms with Crippen molar-refractivity contribution < 1.29 is 16.8 Å². The van der Waals surface area contributed by atoms with E-state index in [1.165, 1.54) is 18.2 Å². The molecule has 0 aliphatic rings. The summed E-state index contributed by atoms with van der Waals surface area (Å²) in [6.07, 6.45) is 0. The molecule has 0 radical (unpaired) electrons. The fourth-order valence-electron chi connectivity index (χ4n) is 2.84. The van der Waals surface area contributed by atoms with Crippen LogP contribution in [0.15, 0.2) is 70.5 Å². The van der Waals surface area contributed by atoms with Gasteiger partial charge in [0.25, 0.3) is 20.0 Å². The first-order valence-corrected chi connectivity index (χ1v) is 12.2. The minimum Gasteiger partial charge on any atom is -0.280 e. The van der Waals surface area contributed by atoms with Gasteiger partial charge in [-0.1, -0.05) is 18.2 Å². The van der Waals surface area contributed by atoms with Crippen molar-refractivity contribution in [2.45, 2.75) is 37.5 Å². The summed E-state index contributed by atoms with van der Waals surface area (Å²) in [5.41, 5.74) is 4.25. The van der Waals surface area contributed by atoms with Crippen molar-refractivity contribution in [2.75, 3.05) is 9.44 Å². The van der Waals surface area contributed by atoms with Gasteiger partial charge in [-0.2, -0.15) is 0 Å².